The number of benzene rings is 1. The molecule has 1 unspecified atom stereocenters. The van der Waals surface area contributed by atoms with Gasteiger partial charge in [-0.3, -0.25) is 4.90 Å². The van der Waals surface area contributed by atoms with Gasteiger partial charge in [0.2, 0.25) is 0 Å². The first kappa shape index (κ1) is 26.1. The number of hydrogen-bond acceptors (Lipinski definition) is 7. The van der Waals surface area contributed by atoms with E-state index in [2.05, 4.69) is 17.1 Å². The lowest BCUT2D eigenvalue weighted by molar-refractivity contribution is -0.122. The number of carbonyl (C=O) groups is 1. The van der Waals surface area contributed by atoms with E-state index < -0.39 is 25.0 Å². The fourth-order valence-corrected chi connectivity index (χ4v) is 4.41. The van der Waals surface area contributed by atoms with Gasteiger partial charge in [-0.05, 0) is 44.0 Å². The molecule has 2 atom stereocenters. The molecule has 3 N–H and O–H groups in total. The van der Waals surface area contributed by atoms with E-state index in [4.69, 9.17) is 14.7 Å². The quantitative estimate of drug-likeness (QED) is 0.551. The summed E-state index contributed by atoms with van der Waals surface area (Å²) in [6.45, 7) is 5.76. The molecule has 196 valence electrons. The van der Waals surface area contributed by atoms with Crippen LogP contribution in [-0.4, -0.2) is 77.3 Å². The van der Waals surface area contributed by atoms with Crippen LogP contribution >= 0.6 is 0 Å². The lowest BCUT2D eigenvalue weighted by Gasteiger charge is -2.38. The molecule has 2 aliphatic rings. The number of nitrogens with one attached hydrogen (secondary N) is 2. The average Bonchev–Trinajstić information content (AvgIpc) is 2.86. The molecule has 2 aliphatic heterocycles. The third kappa shape index (κ3) is 6.23. The topological polar surface area (TPSA) is 103 Å². The number of hydrogen-bond donors (Lipinski definition) is 3. The van der Waals surface area contributed by atoms with Crippen LogP contribution in [0.3, 0.4) is 0 Å². The predicted octanol–water partition coefficient (Wildman–Crippen LogP) is 3.14. The molecule has 12 heteroatoms. The predicted molar refractivity (Wildman–Crippen MR) is 129 cm³/mol. The Morgan fingerprint density at radius 1 is 1.25 bits per heavy atom. The van der Waals surface area contributed by atoms with Gasteiger partial charge in [0.25, 0.3) is 0 Å². The van der Waals surface area contributed by atoms with Crippen molar-refractivity contribution in [1.29, 1.82) is 0 Å². The van der Waals surface area contributed by atoms with Gasteiger partial charge in [0.05, 0.1) is 24.9 Å². The van der Waals surface area contributed by atoms with E-state index in [1.165, 1.54) is 0 Å². The van der Waals surface area contributed by atoms with Crippen molar-refractivity contribution in [2.24, 2.45) is 0 Å². The zero-order valence-electron chi connectivity index (χ0n) is 20.3. The second-order valence-electron chi connectivity index (χ2n) is 9.02. The lowest BCUT2D eigenvalue weighted by atomic mass is 10.0. The molecule has 9 nitrogen and oxygen atoms in total. The zero-order chi connectivity index (χ0) is 25.9. The number of anilines is 2. The van der Waals surface area contributed by atoms with Gasteiger partial charge < -0.3 is 25.4 Å². The summed E-state index contributed by atoms with van der Waals surface area (Å²) in [4.78, 5) is 25.7. The molecule has 0 radical (unpaired) electrons. The first-order valence-corrected chi connectivity index (χ1v) is 12.0. The number of aromatic nitrogens is 2. The van der Waals surface area contributed by atoms with Crippen molar-refractivity contribution in [3.05, 3.63) is 35.5 Å². The Hall–Kier alpha value is -2.96. The zero-order valence-corrected chi connectivity index (χ0v) is 20.3. The highest BCUT2D eigenvalue weighted by Crippen LogP contribution is 2.32. The van der Waals surface area contributed by atoms with E-state index in [1.54, 1.807) is 29.6 Å². The molecular formula is C24H31F3N6O3. The molecule has 1 fully saturated rings. The van der Waals surface area contributed by atoms with Gasteiger partial charge in [0, 0.05) is 36.4 Å². The van der Waals surface area contributed by atoms with Crippen LogP contribution in [0.2, 0.25) is 0 Å². The first-order chi connectivity index (χ1) is 17.1. The molecule has 0 spiro atoms. The number of carbonyl (C=O) groups excluding carboxylic acids is 1. The van der Waals surface area contributed by atoms with Crippen molar-refractivity contribution in [3.63, 3.8) is 0 Å². The van der Waals surface area contributed by atoms with E-state index in [9.17, 15) is 23.1 Å². The summed E-state index contributed by atoms with van der Waals surface area (Å²) in [5, 5.41) is 14.6. The van der Waals surface area contributed by atoms with Crippen LogP contribution in [0.4, 0.5) is 29.5 Å². The van der Waals surface area contributed by atoms with Crippen LogP contribution in [0.15, 0.2) is 24.3 Å². The fourth-order valence-electron chi connectivity index (χ4n) is 4.41. The molecule has 1 aromatic carbocycles. The van der Waals surface area contributed by atoms with E-state index in [1.807, 2.05) is 11.8 Å². The number of nitrogens with zero attached hydrogens (tertiary/aromatic N) is 4. The van der Waals surface area contributed by atoms with Crippen molar-refractivity contribution in [2.45, 2.75) is 51.7 Å². The number of rotatable bonds is 6. The van der Waals surface area contributed by atoms with Gasteiger partial charge in [-0.25, -0.2) is 14.8 Å². The molecule has 1 saturated heterocycles. The molecule has 0 aliphatic carbocycles. The molecule has 0 saturated carbocycles. The van der Waals surface area contributed by atoms with Gasteiger partial charge in [0.15, 0.2) is 5.82 Å². The maximum Gasteiger partial charge on any atom is 0.405 e. The third-order valence-corrected chi connectivity index (χ3v) is 6.35. The number of ether oxygens (including phenoxy) is 1. The minimum absolute atomic E-state index is 0.145. The Morgan fingerprint density at radius 3 is 2.67 bits per heavy atom. The molecule has 2 amide bonds. The maximum atomic E-state index is 12.3. The smallest absolute Gasteiger partial charge is 0.378 e. The molecule has 36 heavy (non-hydrogen) atoms. The number of amides is 2. The summed E-state index contributed by atoms with van der Waals surface area (Å²) < 4.78 is 42.5. The van der Waals surface area contributed by atoms with Crippen molar-refractivity contribution in [2.75, 3.05) is 43.1 Å². The van der Waals surface area contributed by atoms with E-state index in [0.717, 1.165) is 23.5 Å². The summed E-state index contributed by atoms with van der Waals surface area (Å²) in [6, 6.07) is 5.82. The Morgan fingerprint density at radius 2 is 2.00 bits per heavy atom. The van der Waals surface area contributed by atoms with E-state index in [0.29, 0.717) is 56.3 Å². The van der Waals surface area contributed by atoms with Crippen molar-refractivity contribution in [1.82, 2.24) is 20.2 Å². The van der Waals surface area contributed by atoms with Gasteiger partial charge >= 0.3 is 12.2 Å². The van der Waals surface area contributed by atoms with Gasteiger partial charge in [-0.1, -0.05) is 6.92 Å². The number of aliphatic hydroxyl groups is 1. The van der Waals surface area contributed by atoms with Crippen LogP contribution < -0.4 is 15.5 Å². The molecular weight excluding hydrogens is 477 g/mol. The maximum absolute atomic E-state index is 12.3. The number of alkyl halides is 3. The second kappa shape index (κ2) is 11.0. The standard InChI is InChI=1S/C24H31F3N6O3/c1-3-20(34)32-9-8-18-19(12-32)30-21(31-22(18)33-10-11-36-13-15(33)2)16-4-6-17(7-5-16)29-23(35)28-14-24(25,26)27/h4-7,15,20,34H,3,8-14H2,1-2H3,(H2,28,29,35)/t15-,20?/m0/s1. The SMILES string of the molecule is CCC(O)N1CCc2c(nc(-c3ccc(NC(=O)NCC(F)(F)F)cc3)nc2N2CCOC[C@@H]2C)C1. The third-order valence-electron chi connectivity index (χ3n) is 6.35. The minimum Gasteiger partial charge on any atom is -0.378 e. The molecule has 1 aromatic heterocycles. The van der Waals surface area contributed by atoms with Gasteiger partial charge in [-0.15, -0.1) is 0 Å². The number of aliphatic hydroxyl groups excluding tert-OH is 1. The van der Waals surface area contributed by atoms with Crippen LogP contribution in [0, 0.1) is 0 Å². The summed E-state index contributed by atoms with van der Waals surface area (Å²) in [7, 11) is 0. The first-order valence-electron chi connectivity index (χ1n) is 12.0. The highest BCUT2D eigenvalue weighted by molar-refractivity contribution is 5.89. The normalized spacial score (nSPS) is 19.5. The highest BCUT2D eigenvalue weighted by atomic mass is 19.4. The minimum atomic E-state index is -4.48. The second-order valence-corrected chi connectivity index (χ2v) is 9.02. The Balaban J connectivity index is 1.60. The van der Waals surface area contributed by atoms with Gasteiger partial charge in [0.1, 0.15) is 18.6 Å². The lowest BCUT2D eigenvalue weighted by Crippen LogP contribution is -2.46. The number of fused-ring (bicyclic) bond motifs is 1. The number of urea groups is 1. The molecule has 0 bridgehead atoms. The van der Waals surface area contributed by atoms with Crippen LogP contribution in [0.25, 0.3) is 11.4 Å². The van der Waals surface area contributed by atoms with Crippen molar-refractivity contribution >= 4 is 17.5 Å². The van der Waals surface area contributed by atoms with Gasteiger partial charge in [-0.2, -0.15) is 13.2 Å². The molecule has 3 heterocycles. The molecule has 2 aromatic rings. The van der Waals surface area contributed by atoms with Crippen molar-refractivity contribution in [3.8, 4) is 11.4 Å². The average molecular weight is 509 g/mol. The Bertz CT molecular complexity index is 1070. The van der Waals surface area contributed by atoms with Crippen molar-refractivity contribution < 1.29 is 27.8 Å². The van der Waals surface area contributed by atoms with Crippen LogP contribution in [0.5, 0.6) is 0 Å². The van der Waals surface area contributed by atoms with Crippen LogP contribution in [-0.2, 0) is 17.7 Å². The number of halogens is 3. The Labute approximate surface area is 207 Å². The Kier molecular flexibility index (Phi) is 7.96. The summed E-state index contributed by atoms with van der Waals surface area (Å²) in [5.74, 6) is 1.37. The highest BCUT2D eigenvalue weighted by Gasteiger charge is 2.30. The van der Waals surface area contributed by atoms with E-state index >= 15 is 0 Å². The van der Waals surface area contributed by atoms with Crippen LogP contribution in [0.1, 0.15) is 31.5 Å². The summed E-state index contributed by atoms with van der Waals surface area (Å²) >= 11 is 0. The summed E-state index contributed by atoms with van der Waals surface area (Å²) in [5.41, 5.74) is 2.98. The van der Waals surface area contributed by atoms with E-state index in [-0.39, 0.29) is 6.04 Å². The fraction of sp³-hybridized carbons (Fsp3) is 0.542. The monoisotopic (exact) mass is 508 g/mol. The molecule has 4 rings (SSSR count). The summed E-state index contributed by atoms with van der Waals surface area (Å²) in [6.07, 6.45) is -3.69. The largest absolute Gasteiger partial charge is 0.405 e. The number of morpholine rings is 1.